The number of hydrogen-bond donors (Lipinski definition) is 14. The van der Waals surface area contributed by atoms with Crippen molar-refractivity contribution in [1.29, 1.82) is 0 Å². The van der Waals surface area contributed by atoms with Crippen molar-refractivity contribution in [3.05, 3.63) is 48.0 Å². The van der Waals surface area contributed by atoms with Crippen LogP contribution in [0.3, 0.4) is 0 Å². The summed E-state index contributed by atoms with van der Waals surface area (Å²) >= 11 is 1.92. The van der Waals surface area contributed by atoms with E-state index in [0.717, 1.165) is 0 Å². The number of aliphatic hydroxyl groups excluding tert-OH is 1. The quantitative estimate of drug-likeness (QED) is 0.0243. The van der Waals surface area contributed by atoms with E-state index in [9.17, 15) is 76.8 Å². The molecular weight excluding hydrogens is 1100 g/mol. The van der Waals surface area contributed by atoms with E-state index < -0.39 is 155 Å². The number of aromatic hydroxyl groups is 1. The molecule has 0 unspecified atom stereocenters. The van der Waals surface area contributed by atoms with Crippen LogP contribution in [0.4, 0.5) is 0 Å². The smallest absolute Gasteiger partial charge is 0.303 e. The Bertz CT molecular complexity index is 2480. The van der Waals surface area contributed by atoms with Gasteiger partial charge in [0, 0.05) is 50.4 Å². The van der Waals surface area contributed by atoms with Gasteiger partial charge in [0.1, 0.15) is 48.0 Å². The molecule has 0 saturated carbocycles. The highest BCUT2D eigenvalue weighted by Gasteiger charge is 2.35. The number of imidazole rings is 1. The summed E-state index contributed by atoms with van der Waals surface area (Å²) in [5.41, 5.74) is 12.5. The minimum absolute atomic E-state index is 0.0948. The van der Waals surface area contributed by atoms with E-state index in [0.29, 0.717) is 35.2 Å². The maximum atomic E-state index is 14.4. The van der Waals surface area contributed by atoms with Crippen molar-refractivity contribution in [3.63, 3.8) is 0 Å². The molecule has 8 atom stereocenters. The van der Waals surface area contributed by atoms with Crippen molar-refractivity contribution in [2.45, 2.75) is 133 Å². The molecular formula is C48H75N11O17S3. The second-order valence-electron chi connectivity index (χ2n) is 18.8. The highest BCUT2D eigenvalue weighted by atomic mass is 32.2. The molecule has 0 fully saturated rings. The van der Waals surface area contributed by atoms with Gasteiger partial charge in [0.2, 0.25) is 46.5 Å². The number of hydrogen-bond acceptors (Lipinski definition) is 19. The van der Waals surface area contributed by atoms with Crippen LogP contribution < -0.4 is 48.7 Å². The van der Waals surface area contributed by atoms with Crippen molar-refractivity contribution >= 4 is 92.0 Å². The first-order valence-corrected chi connectivity index (χ1v) is 29.1. The average molecular weight is 1170 g/mol. The van der Waals surface area contributed by atoms with E-state index in [4.69, 9.17) is 16.0 Å². The lowest BCUT2D eigenvalue weighted by Gasteiger charge is -2.28. The summed E-state index contributed by atoms with van der Waals surface area (Å²) in [6, 6.07) is -6.34. The number of phenols is 1. The molecule has 28 nitrogen and oxygen atoms in total. The third-order valence-electron chi connectivity index (χ3n) is 11.8. The van der Waals surface area contributed by atoms with Gasteiger partial charge >= 0.3 is 11.9 Å². The van der Waals surface area contributed by atoms with Crippen LogP contribution >= 0.6 is 23.5 Å². The van der Waals surface area contributed by atoms with Crippen LogP contribution in [-0.2, 0) is 78.0 Å². The van der Waals surface area contributed by atoms with Gasteiger partial charge in [-0.2, -0.15) is 20.2 Å². The predicted octanol–water partition coefficient (Wildman–Crippen LogP) is -2.57. The van der Waals surface area contributed by atoms with E-state index in [-0.39, 0.29) is 62.5 Å². The Morgan fingerprint density at radius 2 is 1.14 bits per heavy atom. The van der Waals surface area contributed by atoms with Crippen LogP contribution in [0.25, 0.3) is 0 Å². The lowest BCUT2D eigenvalue weighted by Crippen LogP contribution is -2.61. The minimum Gasteiger partial charge on any atom is -0.508 e. The van der Waals surface area contributed by atoms with Gasteiger partial charge in [0.05, 0.1) is 24.7 Å². The fourth-order valence-corrected chi connectivity index (χ4v) is 9.64. The van der Waals surface area contributed by atoms with E-state index in [1.165, 1.54) is 48.6 Å². The molecule has 0 aliphatic rings. The Labute approximate surface area is 466 Å². The standard InChI is InChI=1S/C48H75N11O17S3/c1-27(2)21-35(55-44(69)34(13-15-40(64)65)54-43(68)33(12-14-39(62)63)52-41(66)31(50)16-18-77-4)45(70)56-36(22-28-8-10-30(61)11-9-28)46(71)53-32(7-5-6-17-49)42(67)58-38(25-60)47(72)57-37(23-29-24-51-26-59(29)3)48(73)78-19-20-79(74,75)76/h8-11,24,26-27,31-38,60-61H,5-7,12-23,25,49-50H2,1-4H3,(H,52,66)(H,53,71)(H,54,68)(H,55,69)(H,56,70)(H,57,72)(H,58,67)(H,62,63)(H,64,65)(H,74,75,76)/t31-,32-,33-,34-,35-,36-,37-,38-/m0/s1. The van der Waals surface area contributed by atoms with Gasteiger partial charge in [-0.15, -0.1) is 0 Å². The van der Waals surface area contributed by atoms with E-state index in [1.807, 2.05) is 0 Å². The van der Waals surface area contributed by atoms with Crippen LogP contribution in [0.2, 0.25) is 0 Å². The molecule has 0 bridgehead atoms. The molecule has 0 spiro atoms. The monoisotopic (exact) mass is 1170 g/mol. The van der Waals surface area contributed by atoms with Gasteiger partial charge in [0.25, 0.3) is 10.1 Å². The summed E-state index contributed by atoms with van der Waals surface area (Å²) in [6.07, 6.45) is 2.58. The summed E-state index contributed by atoms with van der Waals surface area (Å²) in [7, 11) is -2.82. The number of nitrogens with one attached hydrogen (secondary N) is 7. The molecule has 1 aromatic heterocycles. The summed E-state index contributed by atoms with van der Waals surface area (Å²) in [6.45, 7) is 2.57. The molecule has 79 heavy (non-hydrogen) atoms. The highest BCUT2D eigenvalue weighted by Crippen LogP contribution is 2.16. The topological polar surface area (TPSA) is 460 Å². The average Bonchev–Trinajstić information content (AvgIpc) is 3.79. The fraction of sp³-hybridized carbons (Fsp3) is 0.604. The number of amides is 7. The van der Waals surface area contributed by atoms with E-state index >= 15 is 0 Å². The fourth-order valence-electron chi connectivity index (χ4n) is 7.43. The second kappa shape index (κ2) is 35.3. The van der Waals surface area contributed by atoms with Crippen molar-refractivity contribution < 1.29 is 81.3 Å². The number of aliphatic carboxylic acids is 2. The van der Waals surface area contributed by atoms with Crippen LogP contribution in [-0.4, -0.2) is 186 Å². The number of thioether (sulfide) groups is 2. The van der Waals surface area contributed by atoms with Gasteiger partial charge in [-0.25, -0.2) is 4.98 Å². The predicted molar refractivity (Wildman–Crippen MR) is 290 cm³/mol. The molecule has 0 aliphatic carbocycles. The zero-order chi connectivity index (χ0) is 59.4. The zero-order valence-corrected chi connectivity index (χ0v) is 46.8. The maximum Gasteiger partial charge on any atom is 0.303 e. The largest absolute Gasteiger partial charge is 0.508 e. The lowest BCUT2D eigenvalue weighted by molar-refractivity contribution is -0.140. The van der Waals surface area contributed by atoms with Gasteiger partial charge in [-0.3, -0.25) is 52.5 Å². The molecule has 0 radical (unpaired) electrons. The van der Waals surface area contributed by atoms with E-state index in [2.05, 4.69) is 42.2 Å². The highest BCUT2D eigenvalue weighted by molar-refractivity contribution is 8.14. The molecule has 1 heterocycles. The van der Waals surface area contributed by atoms with Crippen molar-refractivity contribution in [3.8, 4) is 5.75 Å². The van der Waals surface area contributed by atoms with Crippen molar-refractivity contribution in [1.82, 2.24) is 46.8 Å². The molecule has 0 saturated heterocycles. The first-order chi connectivity index (χ1) is 37.2. The third-order valence-corrected chi connectivity index (χ3v) is 14.4. The first-order valence-electron chi connectivity index (χ1n) is 25.1. The number of benzene rings is 1. The van der Waals surface area contributed by atoms with Crippen molar-refractivity contribution in [2.24, 2.45) is 24.4 Å². The molecule has 1 aromatic carbocycles. The summed E-state index contributed by atoms with van der Waals surface area (Å²) in [5, 5.41) is 55.9. The van der Waals surface area contributed by atoms with Gasteiger partial charge in [0.15, 0.2) is 0 Å². The summed E-state index contributed by atoms with van der Waals surface area (Å²) in [5.74, 6) is -10.6. The molecule has 0 aliphatic heterocycles. The minimum atomic E-state index is -4.43. The van der Waals surface area contributed by atoms with Crippen LogP contribution in [0.5, 0.6) is 5.75 Å². The number of rotatable bonds is 38. The number of carbonyl (C=O) groups excluding carboxylic acids is 8. The second-order valence-corrected chi connectivity index (χ2v) is 22.5. The normalized spacial score (nSPS) is 14.4. The number of carboxylic acid groups (broad SMARTS) is 2. The number of aliphatic hydroxyl groups is 1. The van der Waals surface area contributed by atoms with Crippen molar-refractivity contribution in [2.75, 3.05) is 36.7 Å². The third kappa shape index (κ3) is 26.9. The molecule has 2 aromatic rings. The molecule has 7 amide bonds. The van der Waals surface area contributed by atoms with Gasteiger partial charge < -0.3 is 73.7 Å². The number of nitrogens with zero attached hydrogens (tertiary/aromatic N) is 2. The molecule has 16 N–H and O–H groups in total. The number of carboxylic acids is 2. The Morgan fingerprint density at radius 3 is 1.63 bits per heavy atom. The zero-order valence-electron chi connectivity index (χ0n) is 44.4. The SMILES string of the molecule is CSCC[C@H](N)C(=O)N[C@@H](CCC(=O)O)C(=O)N[C@@H](CCC(=O)O)C(=O)N[C@@H](CC(C)C)C(=O)N[C@@H](Cc1ccc(O)cc1)C(=O)N[C@@H](CCCCN)C(=O)N[C@@H](CO)C(=O)N[C@@H](Cc1cncn1C)C(=O)SCCS(=O)(=O)O. The Morgan fingerprint density at radius 1 is 0.658 bits per heavy atom. The number of unbranched alkanes of at least 4 members (excludes halogenated alkanes) is 1. The first kappa shape index (κ1) is 68.7. The number of aryl methyl sites for hydroxylation is 1. The molecule has 442 valence electrons. The van der Waals surface area contributed by atoms with E-state index in [1.54, 1.807) is 31.7 Å². The van der Waals surface area contributed by atoms with Crippen LogP contribution in [0.1, 0.15) is 82.9 Å². The summed E-state index contributed by atoms with van der Waals surface area (Å²) < 4.78 is 33.3. The Kier molecular flexibility index (Phi) is 30.7. The molecule has 31 heteroatoms. The van der Waals surface area contributed by atoms with Crippen LogP contribution in [0, 0.1) is 5.92 Å². The maximum absolute atomic E-state index is 14.4. The van der Waals surface area contributed by atoms with Crippen LogP contribution in [0.15, 0.2) is 36.8 Å². The molecule has 2 rings (SSSR count). The van der Waals surface area contributed by atoms with Gasteiger partial charge in [-0.1, -0.05) is 37.7 Å². The summed E-state index contributed by atoms with van der Waals surface area (Å²) in [4.78, 5) is 138. The number of carbonyl (C=O) groups is 10. The number of nitrogens with two attached hydrogens (primary N) is 2. The Hall–Kier alpha value is -6.38. The number of phenolic OH excluding ortho intramolecular Hbond substituents is 1. The lowest BCUT2D eigenvalue weighted by atomic mass is 9.99. The number of aromatic nitrogens is 2. The van der Waals surface area contributed by atoms with Gasteiger partial charge in [-0.05, 0) is 87.1 Å². The Balaban J connectivity index is 2.49.